The standard InChI is InChI=1S/C29H25ClN6O2/c1-14-25(15(2)38-35-14)21-10-23-20(11-24(21)37-4)26-27(18-7-8-31-22-6-5-17(30)9-19(18)22)33-28(34-29(26)32-23)16-12-36(3)13-16/h5-11,16H,12-13H2,1-4H3,(H,32,33,34). The maximum atomic E-state index is 6.43. The quantitative estimate of drug-likeness (QED) is 0.289. The first-order valence-corrected chi connectivity index (χ1v) is 12.9. The Labute approximate surface area is 223 Å². The molecule has 0 amide bonds. The van der Waals surface area contributed by atoms with E-state index in [4.69, 9.17) is 30.8 Å². The number of benzene rings is 2. The number of rotatable bonds is 4. The minimum Gasteiger partial charge on any atom is -0.496 e. The number of fused-ring (bicyclic) bond motifs is 4. The predicted molar refractivity (Wildman–Crippen MR) is 149 cm³/mol. The summed E-state index contributed by atoms with van der Waals surface area (Å²) in [4.78, 5) is 20.6. The van der Waals surface area contributed by atoms with E-state index in [1.807, 2.05) is 44.3 Å². The molecule has 2 aromatic carbocycles. The Morgan fingerprint density at radius 2 is 1.89 bits per heavy atom. The number of likely N-dealkylation sites (N-methyl/N-ethyl adjacent to an activating group) is 1. The maximum absolute atomic E-state index is 6.43. The highest BCUT2D eigenvalue weighted by Crippen LogP contribution is 2.43. The van der Waals surface area contributed by atoms with Crippen molar-refractivity contribution in [3.05, 3.63) is 64.9 Å². The van der Waals surface area contributed by atoms with Crippen molar-refractivity contribution in [3.8, 4) is 28.1 Å². The van der Waals surface area contributed by atoms with E-state index in [1.54, 1.807) is 7.11 Å². The molecule has 0 saturated carbocycles. The number of nitrogens with one attached hydrogen (secondary N) is 1. The largest absolute Gasteiger partial charge is 0.496 e. The summed E-state index contributed by atoms with van der Waals surface area (Å²) in [6.45, 7) is 5.71. The third kappa shape index (κ3) is 3.48. The lowest BCUT2D eigenvalue weighted by atomic mass is 9.97. The van der Waals surface area contributed by atoms with Crippen LogP contribution in [0.15, 0.2) is 47.1 Å². The van der Waals surface area contributed by atoms with Gasteiger partial charge in [0.05, 0.1) is 35.0 Å². The normalized spacial score (nSPS) is 14.6. The lowest BCUT2D eigenvalue weighted by Crippen LogP contribution is -2.42. The van der Waals surface area contributed by atoms with E-state index in [2.05, 4.69) is 39.2 Å². The zero-order chi connectivity index (χ0) is 26.1. The van der Waals surface area contributed by atoms with E-state index in [0.717, 1.165) is 91.3 Å². The van der Waals surface area contributed by atoms with Crippen LogP contribution in [0.5, 0.6) is 5.75 Å². The molecule has 0 aliphatic carbocycles. The topological polar surface area (TPSA) is 93.0 Å². The molecule has 0 atom stereocenters. The molecule has 1 saturated heterocycles. The van der Waals surface area contributed by atoms with Crippen molar-refractivity contribution in [1.29, 1.82) is 0 Å². The Hall–Kier alpha value is -4.01. The number of nitrogens with zero attached hydrogens (tertiary/aromatic N) is 5. The lowest BCUT2D eigenvalue weighted by Gasteiger charge is -2.35. The summed E-state index contributed by atoms with van der Waals surface area (Å²) in [6.07, 6.45) is 1.82. The van der Waals surface area contributed by atoms with E-state index >= 15 is 0 Å². The van der Waals surface area contributed by atoms with E-state index in [-0.39, 0.29) is 5.92 Å². The van der Waals surface area contributed by atoms with Crippen molar-refractivity contribution in [2.75, 3.05) is 27.2 Å². The number of hydrogen-bond acceptors (Lipinski definition) is 7. The van der Waals surface area contributed by atoms with Crippen LogP contribution in [-0.4, -0.2) is 57.2 Å². The van der Waals surface area contributed by atoms with Gasteiger partial charge in [-0.3, -0.25) is 4.98 Å². The number of halogens is 1. The molecule has 0 bridgehead atoms. The summed E-state index contributed by atoms with van der Waals surface area (Å²) in [5.74, 6) is 2.58. The summed E-state index contributed by atoms with van der Waals surface area (Å²) >= 11 is 6.43. The van der Waals surface area contributed by atoms with Crippen molar-refractivity contribution >= 4 is 44.4 Å². The minimum absolute atomic E-state index is 0.277. The van der Waals surface area contributed by atoms with Crippen LogP contribution < -0.4 is 4.74 Å². The van der Waals surface area contributed by atoms with Gasteiger partial charge in [0.1, 0.15) is 23.0 Å². The van der Waals surface area contributed by atoms with Crippen LogP contribution in [-0.2, 0) is 0 Å². The molecule has 1 aliphatic rings. The van der Waals surface area contributed by atoms with Gasteiger partial charge >= 0.3 is 0 Å². The molecule has 8 nitrogen and oxygen atoms in total. The highest BCUT2D eigenvalue weighted by atomic mass is 35.5. The molecule has 190 valence electrons. The van der Waals surface area contributed by atoms with Gasteiger partial charge in [-0.2, -0.15) is 0 Å². The number of H-pyrrole nitrogens is 1. The Kier molecular flexibility index (Phi) is 5.18. The Balaban J connectivity index is 1.56. The number of hydrogen-bond donors (Lipinski definition) is 1. The number of aromatic nitrogens is 5. The van der Waals surface area contributed by atoms with Crippen molar-refractivity contribution in [2.45, 2.75) is 19.8 Å². The first kappa shape index (κ1) is 23.1. The van der Waals surface area contributed by atoms with Gasteiger partial charge in [-0.05, 0) is 57.3 Å². The van der Waals surface area contributed by atoms with Gasteiger partial charge in [0.25, 0.3) is 0 Å². The monoisotopic (exact) mass is 524 g/mol. The average Bonchev–Trinajstić information content (AvgIpc) is 3.42. The smallest absolute Gasteiger partial charge is 0.142 e. The number of aromatic amines is 1. The lowest BCUT2D eigenvalue weighted by molar-refractivity contribution is 0.183. The third-order valence-corrected chi connectivity index (χ3v) is 7.71. The maximum Gasteiger partial charge on any atom is 0.142 e. The van der Waals surface area contributed by atoms with Crippen molar-refractivity contribution in [2.24, 2.45) is 0 Å². The molecular formula is C29H25ClN6O2. The Morgan fingerprint density at radius 1 is 1.05 bits per heavy atom. The first-order chi connectivity index (χ1) is 18.4. The number of methoxy groups -OCH3 is 1. The molecule has 9 heteroatoms. The fraction of sp³-hybridized carbons (Fsp3) is 0.241. The molecule has 5 heterocycles. The summed E-state index contributed by atoms with van der Waals surface area (Å²) in [6, 6.07) is 11.9. The summed E-state index contributed by atoms with van der Waals surface area (Å²) in [7, 11) is 3.79. The van der Waals surface area contributed by atoms with Crippen molar-refractivity contribution < 1.29 is 9.26 Å². The second-order valence-corrected chi connectivity index (χ2v) is 10.5. The van der Waals surface area contributed by atoms with Gasteiger partial charge in [-0.15, -0.1) is 0 Å². The molecule has 38 heavy (non-hydrogen) atoms. The average molecular weight is 525 g/mol. The van der Waals surface area contributed by atoms with Crippen molar-refractivity contribution in [1.82, 2.24) is 30.0 Å². The van der Waals surface area contributed by atoms with E-state index in [1.165, 1.54) is 0 Å². The molecule has 0 spiro atoms. The second-order valence-electron chi connectivity index (χ2n) is 10.0. The fourth-order valence-corrected chi connectivity index (χ4v) is 5.81. The van der Waals surface area contributed by atoms with E-state index in [0.29, 0.717) is 5.02 Å². The zero-order valence-electron chi connectivity index (χ0n) is 21.5. The molecule has 1 fully saturated rings. The molecule has 6 aromatic rings. The van der Waals surface area contributed by atoms with E-state index in [9.17, 15) is 0 Å². The van der Waals surface area contributed by atoms with Crippen LogP contribution in [0.25, 0.3) is 55.2 Å². The van der Waals surface area contributed by atoms with Crippen LogP contribution in [0.2, 0.25) is 5.02 Å². The molecular weight excluding hydrogens is 500 g/mol. The zero-order valence-corrected chi connectivity index (χ0v) is 22.2. The first-order valence-electron chi connectivity index (χ1n) is 12.5. The number of aryl methyl sites for hydroxylation is 2. The van der Waals surface area contributed by atoms with Crippen molar-refractivity contribution in [3.63, 3.8) is 0 Å². The molecule has 1 N–H and O–H groups in total. The summed E-state index contributed by atoms with van der Waals surface area (Å²) in [5, 5.41) is 7.67. The van der Waals surface area contributed by atoms with Crippen LogP contribution in [0.4, 0.5) is 0 Å². The Bertz CT molecular complexity index is 1870. The van der Waals surface area contributed by atoms with Crippen LogP contribution in [0.3, 0.4) is 0 Å². The minimum atomic E-state index is 0.277. The van der Waals surface area contributed by atoms with Gasteiger partial charge < -0.3 is 19.1 Å². The molecule has 0 unspecified atom stereocenters. The van der Waals surface area contributed by atoms with Crippen LogP contribution in [0, 0.1) is 13.8 Å². The molecule has 7 rings (SSSR count). The second kappa shape index (κ2) is 8.51. The van der Waals surface area contributed by atoms with Gasteiger partial charge in [-0.1, -0.05) is 16.8 Å². The fourth-order valence-electron chi connectivity index (χ4n) is 5.64. The highest BCUT2D eigenvalue weighted by molar-refractivity contribution is 6.31. The van der Waals surface area contributed by atoms with Gasteiger partial charge in [0, 0.05) is 57.6 Å². The number of pyridine rings is 1. The Morgan fingerprint density at radius 3 is 2.63 bits per heavy atom. The number of likely N-dealkylation sites (tertiary alicyclic amines) is 1. The van der Waals surface area contributed by atoms with E-state index < -0.39 is 0 Å². The van der Waals surface area contributed by atoms with Crippen LogP contribution >= 0.6 is 11.6 Å². The van der Waals surface area contributed by atoms with Crippen LogP contribution in [0.1, 0.15) is 23.2 Å². The highest BCUT2D eigenvalue weighted by Gasteiger charge is 2.30. The molecule has 4 aromatic heterocycles. The molecule has 0 radical (unpaired) electrons. The molecule has 1 aliphatic heterocycles. The third-order valence-electron chi connectivity index (χ3n) is 7.48. The summed E-state index contributed by atoms with van der Waals surface area (Å²) < 4.78 is 11.3. The van der Waals surface area contributed by atoms with Gasteiger partial charge in [0.15, 0.2) is 0 Å². The SMILES string of the molecule is COc1cc2c(cc1-c1c(C)noc1C)[nH]c1nc(C3CN(C)C3)nc(-c3ccnc4ccc(Cl)cc34)c12. The van der Waals surface area contributed by atoms with Gasteiger partial charge in [0.2, 0.25) is 0 Å². The van der Waals surface area contributed by atoms with Gasteiger partial charge in [-0.25, -0.2) is 9.97 Å². The summed E-state index contributed by atoms with van der Waals surface area (Å²) in [5.41, 5.74) is 7.07. The number of ether oxygens (including phenoxy) is 1. The predicted octanol–water partition coefficient (Wildman–Crippen LogP) is 6.29.